The first-order valence-corrected chi connectivity index (χ1v) is 11.2. The minimum Gasteiger partial charge on any atom is -0.480 e. The smallest absolute Gasteiger partial charge is 0.275 e. The number of hydrogen-bond acceptors (Lipinski definition) is 5. The van der Waals surface area contributed by atoms with E-state index in [9.17, 15) is 9.59 Å². The lowest BCUT2D eigenvalue weighted by Crippen LogP contribution is -2.51. The standard InChI is InChI=1S/C23H32N4O3/c1-30-22-19-11-4-5-12-20(19)23(29)27(24-22)17-21(28)26-15-9-6-10-18(26)16-25-13-7-2-3-8-14-25/h4-5,11-12,18H,2-3,6-10,13-17H2,1H3. The number of benzene rings is 1. The molecule has 2 saturated heterocycles. The van der Waals surface area contributed by atoms with Crippen molar-refractivity contribution >= 4 is 16.7 Å². The van der Waals surface area contributed by atoms with E-state index >= 15 is 0 Å². The number of amides is 1. The van der Waals surface area contributed by atoms with E-state index in [4.69, 9.17) is 4.74 Å². The Kier molecular flexibility index (Phi) is 6.67. The third-order valence-corrected chi connectivity index (χ3v) is 6.43. The fourth-order valence-electron chi connectivity index (χ4n) is 4.82. The van der Waals surface area contributed by atoms with Gasteiger partial charge in [0.2, 0.25) is 11.8 Å². The first-order chi connectivity index (χ1) is 14.7. The van der Waals surface area contributed by atoms with E-state index in [-0.39, 0.29) is 24.1 Å². The summed E-state index contributed by atoms with van der Waals surface area (Å²) in [5.74, 6) is 0.346. The molecular formula is C23H32N4O3. The molecule has 30 heavy (non-hydrogen) atoms. The molecule has 7 nitrogen and oxygen atoms in total. The van der Waals surface area contributed by atoms with Gasteiger partial charge in [-0.05, 0) is 57.3 Å². The zero-order valence-electron chi connectivity index (χ0n) is 17.9. The summed E-state index contributed by atoms with van der Waals surface area (Å²) < 4.78 is 6.65. The minimum absolute atomic E-state index is 0.0264. The summed E-state index contributed by atoms with van der Waals surface area (Å²) in [7, 11) is 1.53. The van der Waals surface area contributed by atoms with Crippen LogP contribution in [0.5, 0.6) is 5.88 Å². The molecule has 1 unspecified atom stereocenters. The molecule has 0 radical (unpaired) electrons. The van der Waals surface area contributed by atoms with E-state index in [0.717, 1.165) is 45.4 Å². The highest BCUT2D eigenvalue weighted by molar-refractivity contribution is 5.86. The largest absolute Gasteiger partial charge is 0.480 e. The summed E-state index contributed by atoms with van der Waals surface area (Å²) in [5.41, 5.74) is -0.249. The van der Waals surface area contributed by atoms with Crippen LogP contribution in [0.2, 0.25) is 0 Å². The molecule has 2 aromatic rings. The summed E-state index contributed by atoms with van der Waals surface area (Å²) in [4.78, 5) is 30.7. The SMILES string of the molecule is COc1nn(CC(=O)N2CCCCC2CN2CCCCCC2)c(=O)c2ccccc12. The molecule has 4 rings (SSSR count). The lowest BCUT2D eigenvalue weighted by atomic mass is 10.0. The number of hydrogen-bond donors (Lipinski definition) is 0. The second-order valence-electron chi connectivity index (χ2n) is 8.47. The van der Waals surface area contributed by atoms with E-state index in [0.29, 0.717) is 16.7 Å². The predicted molar refractivity (Wildman–Crippen MR) is 117 cm³/mol. The predicted octanol–water partition coefficient (Wildman–Crippen LogP) is 2.66. The van der Waals surface area contributed by atoms with Gasteiger partial charge in [0.25, 0.3) is 5.56 Å². The van der Waals surface area contributed by atoms with Crippen molar-refractivity contribution < 1.29 is 9.53 Å². The molecule has 1 atom stereocenters. The number of carbonyl (C=O) groups excluding carboxylic acids is 1. The fraction of sp³-hybridized carbons (Fsp3) is 0.609. The molecule has 0 aliphatic carbocycles. The molecule has 1 amide bonds. The van der Waals surface area contributed by atoms with Crippen LogP contribution in [-0.4, -0.2) is 64.8 Å². The van der Waals surface area contributed by atoms with Crippen molar-refractivity contribution in [2.24, 2.45) is 0 Å². The number of aromatic nitrogens is 2. The number of carbonyl (C=O) groups is 1. The fourth-order valence-corrected chi connectivity index (χ4v) is 4.82. The molecule has 7 heteroatoms. The van der Waals surface area contributed by atoms with Crippen molar-refractivity contribution in [3.05, 3.63) is 34.6 Å². The monoisotopic (exact) mass is 412 g/mol. The van der Waals surface area contributed by atoms with Gasteiger partial charge in [0.05, 0.1) is 17.9 Å². The van der Waals surface area contributed by atoms with Gasteiger partial charge in [0.15, 0.2) is 0 Å². The summed E-state index contributed by atoms with van der Waals surface area (Å²) in [5, 5.41) is 5.53. The highest BCUT2D eigenvalue weighted by Crippen LogP contribution is 2.22. The molecule has 0 N–H and O–H groups in total. The molecule has 0 saturated carbocycles. The van der Waals surface area contributed by atoms with Crippen molar-refractivity contribution in [3.63, 3.8) is 0 Å². The van der Waals surface area contributed by atoms with Crippen LogP contribution in [0.3, 0.4) is 0 Å². The van der Waals surface area contributed by atoms with E-state index in [2.05, 4.69) is 10.00 Å². The maximum Gasteiger partial charge on any atom is 0.275 e. The van der Waals surface area contributed by atoms with Crippen molar-refractivity contribution in [1.82, 2.24) is 19.6 Å². The Labute approximate surface area is 177 Å². The molecule has 0 bridgehead atoms. The van der Waals surface area contributed by atoms with Gasteiger partial charge < -0.3 is 14.5 Å². The summed E-state index contributed by atoms with van der Waals surface area (Å²) in [6.07, 6.45) is 8.32. The summed E-state index contributed by atoms with van der Waals surface area (Å²) in [6.45, 7) is 3.91. The minimum atomic E-state index is -0.249. The van der Waals surface area contributed by atoms with Crippen LogP contribution in [0.15, 0.2) is 29.1 Å². The normalized spacial score (nSPS) is 20.8. The Morgan fingerprint density at radius 1 is 1.03 bits per heavy atom. The van der Waals surface area contributed by atoms with Crippen molar-refractivity contribution in [3.8, 4) is 5.88 Å². The molecule has 1 aromatic heterocycles. The van der Waals surface area contributed by atoms with E-state index in [1.807, 2.05) is 23.1 Å². The molecule has 3 heterocycles. The van der Waals surface area contributed by atoms with Crippen LogP contribution < -0.4 is 10.3 Å². The second-order valence-corrected chi connectivity index (χ2v) is 8.47. The van der Waals surface area contributed by atoms with E-state index < -0.39 is 0 Å². The average Bonchev–Trinajstić information content (AvgIpc) is 3.05. The maximum absolute atomic E-state index is 13.2. The number of rotatable bonds is 5. The molecule has 2 aliphatic heterocycles. The molecule has 0 spiro atoms. The average molecular weight is 413 g/mol. The van der Waals surface area contributed by atoms with Crippen LogP contribution in [0.4, 0.5) is 0 Å². The van der Waals surface area contributed by atoms with Crippen LogP contribution in [0.1, 0.15) is 44.9 Å². The number of ether oxygens (including phenoxy) is 1. The van der Waals surface area contributed by atoms with Crippen molar-refractivity contribution in [2.45, 2.75) is 57.5 Å². The van der Waals surface area contributed by atoms with Gasteiger partial charge >= 0.3 is 0 Å². The van der Waals surface area contributed by atoms with Crippen molar-refractivity contribution in [2.75, 3.05) is 33.3 Å². The zero-order chi connectivity index (χ0) is 20.9. The van der Waals surface area contributed by atoms with Gasteiger partial charge in [0, 0.05) is 19.1 Å². The van der Waals surface area contributed by atoms with Gasteiger partial charge in [-0.15, -0.1) is 5.10 Å². The Morgan fingerprint density at radius 2 is 1.73 bits per heavy atom. The number of fused-ring (bicyclic) bond motifs is 1. The lowest BCUT2D eigenvalue weighted by molar-refractivity contribution is -0.136. The Balaban J connectivity index is 1.53. The van der Waals surface area contributed by atoms with E-state index in [1.165, 1.54) is 37.5 Å². The number of piperidine rings is 1. The van der Waals surface area contributed by atoms with Gasteiger partial charge in [-0.25, -0.2) is 4.68 Å². The first kappa shape index (κ1) is 20.8. The Morgan fingerprint density at radius 3 is 2.47 bits per heavy atom. The van der Waals surface area contributed by atoms with Gasteiger partial charge in [-0.3, -0.25) is 9.59 Å². The highest BCUT2D eigenvalue weighted by Gasteiger charge is 2.29. The molecule has 1 aromatic carbocycles. The van der Waals surface area contributed by atoms with Gasteiger partial charge in [-0.1, -0.05) is 25.0 Å². The van der Waals surface area contributed by atoms with Crippen LogP contribution >= 0.6 is 0 Å². The third kappa shape index (κ3) is 4.51. The third-order valence-electron chi connectivity index (χ3n) is 6.43. The molecule has 2 fully saturated rings. The van der Waals surface area contributed by atoms with Gasteiger partial charge in [0.1, 0.15) is 6.54 Å². The van der Waals surface area contributed by atoms with Gasteiger partial charge in [-0.2, -0.15) is 0 Å². The number of likely N-dealkylation sites (tertiary alicyclic amines) is 2. The molecule has 2 aliphatic rings. The topological polar surface area (TPSA) is 67.7 Å². The van der Waals surface area contributed by atoms with Crippen LogP contribution in [0.25, 0.3) is 10.8 Å². The summed E-state index contributed by atoms with van der Waals surface area (Å²) >= 11 is 0. The Hall–Kier alpha value is -2.41. The van der Waals surface area contributed by atoms with Crippen LogP contribution in [0, 0.1) is 0 Å². The van der Waals surface area contributed by atoms with Crippen LogP contribution in [-0.2, 0) is 11.3 Å². The van der Waals surface area contributed by atoms with E-state index in [1.54, 1.807) is 6.07 Å². The zero-order valence-corrected chi connectivity index (χ0v) is 17.9. The molecule has 162 valence electrons. The summed E-state index contributed by atoms with van der Waals surface area (Å²) in [6, 6.07) is 7.46. The number of nitrogens with zero attached hydrogens (tertiary/aromatic N) is 4. The second kappa shape index (κ2) is 9.60. The van der Waals surface area contributed by atoms with Crippen molar-refractivity contribution in [1.29, 1.82) is 0 Å². The number of methoxy groups -OCH3 is 1. The highest BCUT2D eigenvalue weighted by atomic mass is 16.5. The molecular weight excluding hydrogens is 380 g/mol. The first-order valence-electron chi connectivity index (χ1n) is 11.2. The lowest BCUT2D eigenvalue weighted by Gasteiger charge is -2.38. The Bertz CT molecular complexity index is 934. The quantitative estimate of drug-likeness (QED) is 0.755. The maximum atomic E-state index is 13.2.